The minimum atomic E-state index is -0.185. The van der Waals surface area contributed by atoms with Crippen molar-refractivity contribution < 1.29 is 9.59 Å². The van der Waals surface area contributed by atoms with Crippen LogP contribution in [0.1, 0.15) is 31.7 Å². The van der Waals surface area contributed by atoms with Gasteiger partial charge in [0.1, 0.15) is 0 Å². The highest BCUT2D eigenvalue weighted by Crippen LogP contribution is 2.18. The maximum atomic E-state index is 12.0. The molecule has 21 heavy (non-hydrogen) atoms. The second kappa shape index (κ2) is 7.62. The normalized spacial score (nSPS) is 17.3. The number of anilines is 1. The average molecular weight is 286 g/mol. The smallest absolute Gasteiger partial charge is 0.243 e. The van der Waals surface area contributed by atoms with Gasteiger partial charge in [-0.25, -0.2) is 0 Å². The first-order chi connectivity index (χ1) is 10.2. The lowest BCUT2D eigenvalue weighted by molar-refractivity contribution is -0.127. The molecule has 1 atom stereocenters. The van der Waals surface area contributed by atoms with E-state index in [-0.39, 0.29) is 24.3 Å². The van der Waals surface area contributed by atoms with Crippen LogP contribution in [0, 0.1) is 5.92 Å². The molecule has 0 bridgehead atoms. The van der Waals surface area contributed by atoms with Gasteiger partial charge in [-0.1, -0.05) is 37.3 Å². The predicted octanol–water partition coefficient (Wildman–Crippen LogP) is 2.66. The molecular formula is C17H22N2O2. The van der Waals surface area contributed by atoms with Gasteiger partial charge in [-0.3, -0.25) is 9.59 Å². The fourth-order valence-corrected chi connectivity index (χ4v) is 2.49. The van der Waals surface area contributed by atoms with Crippen LogP contribution in [-0.2, 0) is 16.0 Å². The summed E-state index contributed by atoms with van der Waals surface area (Å²) in [6, 6.07) is 7.71. The van der Waals surface area contributed by atoms with Crippen LogP contribution in [0.5, 0.6) is 0 Å². The van der Waals surface area contributed by atoms with Gasteiger partial charge in [0.05, 0.1) is 6.54 Å². The molecule has 4 heteroatoms. The molecule has 0 fully saturated rings. The minimum Gasteiger partial charge on any atom is -0.347 e. The first-order valence-corrected chi connectivity index (χ1v) is 7.51. The number of nitrogens with one attached hydrogen (secondary N) is 2. The standard InChI is InChI=1S/C17H22N2O2/c1-2-13-8-6-7-11-15(13)19-16(20)12-18-17(21)14-9-4-3-5-10-14/h3-4,6-8,11,14H,2,5,9-10,12H2,1H3,(H,18,21)(H,19,20). The summed E-state index contributed by atoms with van der Waals surface area (Å²) in [5.74, 6) is -0.209. The largest absolute Gasteiger partial charge is 0.347 e. The molecular weight excluding hydrogens is 264 g/mol. The van der Waals surface area contributed by atoms with Crippen LogP contribution in [0.4, 0.5) is 5.69 Å². The van der Waals surface area contributed by atoms with Gasteiger partial charge in [0, 0.05) is 11.6 Å². The molecule has 0 radical (unpaired) electrons. The second-order valence-corrected chi connectivity index (χ2v) is 5.26. The number of hydrogen-bond donors (Lipinski definition) is 2. The van der Waals surface area contributed by atoms with E-state index in [9.17, 15) is 9.59 Å². The van der Waals surface area contributed by atoms with E-state index in [1.807, 2.05) is 37.3 Å². The lowest BCUT2D eigenvalue weighted by Crippen LogP contribution is -2.37. The Balaban J connectivity index is 1.82. The summed E-state index contributed by atoms with van der Waals surface area (Å²) in [4.78, 5) is 23.9. The van der Waals surface area contributed by atoms with E-state index in [2.05, 4.69) is 16.7 Å². The SMILES string of the molecule is CCc1ccccc1NC(=O)CNC(=O)C1CC=CCC1. The van der Waals surface area contributed by atoms with Crippen LogP contribution in [0.3, 0.4) is 0 Å². The molecule has 0 heterocycles. The zero-order valence-electron chi connectivity index (χ0n) is 12.4. The Kier molecular flexibility index (Phi) is 5.55. The van der Waals surface area contributed by atoms with Crippen LogP contribution >= 0.6 is 0 Å². The summed E-state index contributed by atoms with van der Waals surface area (Å²) in [5, 5.41) is 5.58. The van der Waals surface area contributed by atoms with E-state index in [0.29, 0.717) is 0 Å². The fourth-order valence-electron chi connectivity index (χ4n) is 2.49. The maximum Gasteiger partial charge on any atom is 0.243 e. The number of benzene rings is 1. The number of amides is 2. The highest BCUT2D eigenvalue weighted by Gasteiger charge is 2.19. The molecule has 2 rings (SSSR count). The number of rotatable bonds is 5. The third kappa shape index (κ3) is 4.45. The number of allylic oxidation sites excluding steroid dienone is 2. The van der Waals surface area contributed by atoms with E-state index < -0.39 is 0 Å². The Labute approximate surface area is 125 Å². The summed E-state index contributed by atoms with van der Waals surface area (Å²) in [5.41, 5.74) is 1.91. The Morgan fingerprint density at radius 1 is 1.24 bits per heavy atom. The van der Waals surface area contributed by atoms with Gasteiger partial charge in [0.25, 0.3) is 0 Å². The molecule has 1 aliphatic rings. The third-order valence-corrected chi connectivity index (χ3v) is 3.74. The molecule has 0 saturated carbocycles. The molecule has 2 N–H and O–H groups in total. The molecule has 4 nitrogen and oxygen atoms in total. The first kappa shape index (κ1) is 15.3. The van der Waals surface area contributed by atoms with Crippen LogP contribution in [0.2, 0.25) is 0 Å². The molecule has 0 saturated heterocycles. The van der Waals surface area contributed by atoms with E-state index in [4.69, 9.17) is 0 Å². The van der Waals surface area contributed by atoms with Gasteiger partial charge in [-0.05, 0) is 37.3 Å². The molecule has 0 aromatic heterocycles. The lowest BCUT2D eigenvalue weighted by Gasteiger charge is -2.17. The molecule has 1 aromatic carbocycles. The van der Waals surface area contributed by atoms with Gasteiger partial charge in [0.2, 0.25) is 11.8 Å². The molecule has 2 amide bonds. The molecule has 1 unspecified atom stereocenters. The van der Waals surface area contributed by atoms with Crippen molar-refractivity contribution >= 4 is 17.5 Å². The third-order valence-electron chi connectivity index (χ3n) is 3.74. The van der Waals surface area contributed by atoms with Crippen LogP contribution in [-0.4, -0.2) is 18.4 Å². The van der Waals surface area contributed by atoms with Crippen molar-refractivity contribution in [2.24, 2.45) is 5.92 Å². The Morgan fingerprint density at radius 3 is 2.76 bits per heavy atom. The zero-order chi connectivity index (χ0) is 15.1. The molecule has 1 aliphatic carbocycles. The van der Waals surface area contributed by atoms with Gasteiger partial charge in [-0.15, -0.1) is 0 Å². The number of carbonyl (C=O) groups is 2. The summed E-state index contributed by atoms with van der Waals surface area (Å²) < 4.78 is 0. The first-order valence-electron chi connectivity index (χ1n) is 7.51. The van der Waals surface area contributed by atoms with Crippen molar-refractivity contribution in [3.05, 3.63) is 42.0 Å². The monoisotopic (exact) mass is 286 g/mol. The lowest BCUT2D eigenvalue weighted by atomic mass is 9.94. The van der Waals surface area contributed by atoms with Crippen LogP contribution in [0.25, 0.3) is 0 Å². The highest BCUT2D eigenvalue weighted by atomic mass is 16.2. The van der Waals surface area contributed by atoms with E-state index in [1.54, 1.807) is 0 Å². The number of hydrogen-bond acceptors (Lipinski definition) is 2. The Hall–Kier alpha value is -2.10. The second-order valence-electron chi connectivity index (χ2n) is 5.26. The number of para-hydroxylation sites is 1. The van der Waals surface area contributed by atoms with Crippen molar-refractivity contribution in [3.8, 4) is 0 Å². The van der Waals surface area contributed by atoms with Crippen LogP contribution < -0.4 is 10.6 Å². The van der Waals surface area contributed by atoms with Gasteiger partial charge in [0.15, 0.2) is 0 Å². The van der Waals surface area contributed by atoms with Crippen LogP contribution in [0.15, 0.2) is 36.4 Å². The van der Waals surface area contributed by atoms with Crippen molar-refractivity contribution in [2.45, 2.75) is 32.6 Å². The highest BCUT2D eigenvalue weighted by molar-refractivity contribution is 5.95. The van der Waals surface area contributed by atoms with Gasteiger partial charge < -0.3 is 10.6 Å². The Morgan fingerprint density at radius 2 is 2.05 bits per heavy atom. The van der Waals surface area contributed by atoms with Gasteiger partial charge >= 0.3 is 0 Å². The average Bonchev–Trinajstić information content (AvgIpc) is 2.54. The summed E-state index contributed by atoms with van der Waals surface area (Å²) in [7, 11) is 0. The maximum absolute atomic E-state index is 12.0. The zero-order valence-corrected chi connectivity index (χ0v) is 12.4. The molecule has 0 spiro atoms. The number of aryl methyl sites for hydroxylation is 1. The molecule has 1 aromatic rings. The van der Waals surface area contributed by atoms with E-state index in [1.165, 1.54) is 0 Å². The summed E-state index contributed by atoms with van der Waals surface area (Å²) >= 11 is 0. The number of carbonyl (C=O) groups excluding carboxylic acids is 2. The Bertz CT molecular complexity index is 537. The summed E-state index contributed by atoms with van der Waals surface area (Å²) in [6.07, 6.45) is 7.56. The fraction of sp³-hybridized carbons (Fsp3) is 0.412. The molecule has 112 valence electrons. The molecule has 0 aliphatic heterocycles. The topological polar surface area (TPSA) is 58.2 Å². The minimum absolute atomic E-state index is 0.00530. The van der Waals surface area contributed by atoms with Gasteiger partial charge in [-0.2, -0.15) is 0 Å². The quantitative estimate of drug-likeness (QED) is 0.818. The van der Waals surface area contributed by atoms with E-state index in [0.717, 1.165) is 36.9 Å². The van der Waals surface area contributed by atoms with Crippen molar-refractivity contribution in [1.29, 1.82) is 0 Å². The van der Waals surface area contributed by atoms with E-state index >= 15 is 0 Å². The van der Waals surface area contributed by atoms with Crippen molar-refractivity contribution in [1.82, 2.24) is 5.32 Å². The van der Waals surface area contributed by atoms with Crippen molar-refractivity contribution in [3.63, 3.8) is 0 Å². The summed E-state index contributed by atoms with van der Waals surface area (Å²) in [6.45, 7) is 2.07. The van der Waals surface area contributed by atoms with Crippen molar-refractivity contribution in [2.75, 3.05) is 11.9 Å². The predicted molar refractivity (Wildman–Crippen MR) is 83.9 cm³/mol.